The second-order valence-electron chi connectivity index (χ2n) is 5.94. The monoisotopic (exact) mass is 374 g/mol. The molecule has 0 heterocycles. The zero-order chi connectivity index (χ0) is 17.0. The average molecular weight is 373 g/mol. The first kappa shape index (κ1) is 17.7. The minimum atomic E-state index is 0.00570. The number of rotatable bonds is 6. The van der Waals surface area contributed by atoms with E-state index in [0.717, 1.165) is 22.3 Å². The van der Waals surface area contributed by atoms with Crippen LogP contribution in [-0.2, 0) is 0 Å². The SMILES string of the molecule is Cc1ccc(C(=O)C[Se]CC(=O)c2ccc(C)c(C)c2)cc1C. The van der Waals surface area contributed by atoms with Gasteiger partial charge in [0.1, 0.15) is 0 Å². The van der Waals surface area contributed by atoms with Crippen LogP contribution in [0.2, 0.25) is 10.6 Å². The molecule has 0 saturated carbocycles. The Hall–Kier alpha value is -1.70. The Kier molecular flexibility index (Phi) is 5.92. The van der Waals surface area contributed by atoms with Crippen molar-refractivity contribution in [3.63, 3.8) is 0 Å². The Labute approximate surface area is 144 Å². The summed E-state index contributed by atoms with van der Waals surface area (Å²) in [5.41, 5.74) is 6.17. The molecule has 2 aromatic carbocycles. The summed E-state index contributed by atoms with van der Waals surface area (Å²) in [6, 6.07) is 11.6. The van der Waals surface area contributed by atoms with E-state index in [-0.39, 0.29) is 26.5 Å². The fourth-order valence-corrected chi connectivity index (χ4v) is 3.92. The normalized spacial score (nSPS) is 10.6. The van der Waals surface area contributed by atoms with Crippen molar-refractivity contribution in [3.05, 3.63) is 69.8 Å². The van der Waals surface area contributed by atoms with E-state index >= 15 is 0 Å². The number of hydrogen-bond donors (Lipinski definition) is 0. The zero-order valence-corrected chi connectivity index (χ0v) is 15.8. The van der Waals surface area contributed by atoms with Crippen molar-refractivity contribution >= 4 is 26.5 Å². The number of aryl methyl sites for hydroxylation is 4. The van der Waals surface area contributed by atoms with Crippen LogP contribution in [0.3, 0.4) is 0 Å². The van der Waals surface area contributed by atoms with E-state index in [1.165, 1.54) is 11.1 Å². The van der Waals surface area contributed by atoms with E-state index in [1.54, 1.807) is 0 Å². The van der Waals surface area contributed by atoms with Crippen molar-refractivity contribution < 1.29 is 9.59 Å². The van der Waals surface area contributed by atoms with Crippen LogP contribution >= 0.6 is 0 Å². The quantitative estimate of drug-likeness (QED) is 0.551. The number of carbonyl (C=O) groups is 2. The third-order valence-electron chi connectivity index (χ3n) is 4.12. The second-order valence-corrected chi connectivity index (χ2v) is 8.01. The van der Waals surface area contributed by atoms with Gasteiger partial charge in [0.2, 0.25) is 0 Å². The predicted molar refractivity (Wildman–Crippen MR) is 95.9 cm³/mol. The molecule has 0 fully saturated rings. The topological polar surface area (TPSA) is 34.1 Å². The van der Waals surface area contributed by atoms with Gasteiger partial charge in [-0.15, -0.1) is 0 Å². The van der Waals surface area contributed by atoms with Gasteiger partial charge in [0, 0.05) is 0 Å². The molecule has 0 aliphatic carbocycles. The molecule has 0 aliphatic heterocycles. The Balaban J connectivity index is 1.91. The molecule has 0 aliphatic rings. The van der Waals surface area contributed by atoms with E-state index in [1.807, 2.05) is 64.1 Å². The Morgan fingerprint density at radius 3 is 1.43 bits per heavy atom. The van der Waals surface area contributed by atoms with E-state index in [0.29, 0.717) is 10.6 Å². The maximum absolute atomic E-state index is 12.2. The fraction of sp³-hybridized carbons (Fsp3) is 0.300. The third kappa shape index (κ3) is 4.63. The predicted octanol–water partition coefficient (Wildman–Crippen LogP) is 4.53. The molecular formula is C20H22O2Se. The van der Waals surface area contributed by atoms with E-state index in [4.69, 9.17) is 0 Å². The van der Waals surface area contributed by atoms with Crippen LogP contribution in [-0.4, -0.2) is 26.5 Å². The average Bonchev–Trinajstić information content (AvgIpc) is 2.52. The van der Waals surface area contributed by atoms with E-state index in [9.17, 15) is 9.59 Å². The molecule has 0 spiro atoms. The van der Waals surface area contributed by atoms with Gasteiger partial charge >= 0.3 is 144 Å². The summed E-state index contributed by atoms with van der Waals surface area (Å²) in [5.74, 6) is 0.280. The van der Waals surface area contributed by atoms with Crippen LogP contribution < -0.4 is 0 Å². The molecule has 2 nitrogen and oxygen atoms in total. The van der Waals surface area contributed by atoms with Crippen molar-refractivity contribution in [1.29, 1.82) is 0 Å². The molecule has 0 saturated heterocycles. The molecule has 0 atom stereocenters. The van der Waals surface area contributed by atoms with Crippen LogP contribution in [0.25, 0.3) is 0 Å². The molecule has 0 amide bonds. The Bertz CT molecular complexity index is 684. The molecule has 0 radical (unpaired) electrons. The Morgan fingerprint density at radius 1 is 0.696 bits per heavy atom. The molecule has 0 aromatic heterocycles. The standard InChI is InChI=1S/C20H22O2Se/c1-13-5-7-17(9-15(13)3)19(21)11-23-12-20(22)18-8-6-14(2)16(4)10-18/h5-10H,11-12H2,1-4H3. The number of benzene rings is 2. The van der Waals surface area contributed by atoms with E-state index < -0.39 is 0 Å². The van der Waals surface area contributed by atoms with Crippen molar-refractivity contribution in [1.82, 2.24) is 0 Å². The minimum absolute atomic E-state index is 0.00570. The molecule has 3 heteroatoms. The summed E-state index contributed by atoms with van der Waals surface area (Å²) < 4.78 is 0. The van der Waals surface area contributed by atoms with Gasteiger partial charge in [0.05, 0.1) is 0 Å². The second kappa shape index (κ2) is 7.72. The molecule has 120 valence electrons. The first-order valence-electron chi connectivity index (χ1n) is 7.67. The Morgan fingerprint density at radius 2 is 1.09 bits per heavy atom. The van der Waals surface area contributed by atoms with Gasteiger partial charge in [-0.25, -0.2) is 0 Å². The van der Waals surface area contributed by atoms with Crippen molar-refractivity contribution in [2.45, 2.75) is 38.3 Å². The summed E-state index contributed by atoms with van der Waals surface area (Å²) in [4.78, 5) is 24.5. The fourth-order valence-electron chi connectivity index (χ4n) is 2.23. The van der Waals surface area contributed by atoms with Gasteiger partial charge in [-0.2, -0.15) is 0 Å². The summed E-state index contributed by atoms with van der Waals surface area (Å²) >= 11 is 0.00570. The zero-order valence-electron chi connectivity index (χ0n) is 14.1. The number of Topliss-reactive ketones (excluding diaryl/α,β-unsaturated/α-hetero) is 2. The van der Waals surface area contributed by atoms with Gasteiger partial charge in [-0.05, 0) is 0 Å². The van der Waals surface area contributed by atoms with Crippen LogP contribution in [0.15, 0.2) is 36.4 Å². The van der Waals surface area contributed by atoms with Gasteiger partial charge < -0.3 is 0 Å². The number of ketones is 2. The number of carbonyl (C=O) groups excluding carboxylic acids is 2. The van der Waals surface area contributed by atoms with Crippen molar-refractivity contribution in [3.8, 4) is 0 Å². The van der Waals surface area contributed by atoms with Gasteiger partial charge in [0.15, 0.2) is 0 Å². The van der Waals surface area contributed by atoms with Gasteiger partial charge in [-0.1, -0.05) is 0 Å². The molecule has 0 bridgehead atoms. The van der Waals surface area contributed by atoms with E-state index in [2.05, 4.69) is 0 Å². The molecular weight excluding hydrogens is 351 g/mol. The maximum atomic E-state index is 12.2. The summed E-state index contributed by atoms with van der Waals surface area (Å²) in [5, 5.41) is 0.957. The summed E-state index contributed by atoms with van der Waals surface area (Å²) in [6.07, 6.45) is 0. The van der Waals surface area contributed by atoms with Gasteiger partial charge in [0.25, 0.3) is 0 Å². The molecule has 0 unspecified atom stereocenters. The van der Waals surface area contributed by atoms with Crippen LogP contribution in [0.1, 0.15) is 43.0 Å². The molecule has 0 N–H and O–H groups in total. The van der Waals surface area contributed by atoms with Crippen LogP contribution in [0.4, 0.5) is 0 Å². The van der Waals surface area contributed by atoms with Crippen LogP contribution in [0, 0.1) is 27.7 Å². The van der Waals surface area contributed by atoms with Crippen molar-refractivity contribution in [2.24, 2.45) is 0 Å². The van der Waals surface area contributed by atoms with Crippen LogP contribution in [0.5, 0.6) is 0 Å². The summed E-state index contributed by atoms with van der Waals surface area (Å²) in [6.45, 7) is 8.10. The molecule has 23 heavy (non-hydrogen) atoms. The number of hydrogen-bond acceptors (Lipinski definition) is 2. The van der Waals surface area contributed by atoms with Gasteiger partial charge in [-0.3, -0.25) is 0 Å². The van der Waals surface area contributed by atoms with Crippen molar-refractivity contribution in [2.75, 3.05) is 0 Å². The summed E-state index contributed by atoms with van der Waals surface area (Å²) in [7, 11) is 0. The third-order valence-corrected chi connectivity index (χ3v) is 6.08. The first-order valence-corrected chi connectivity index (χ1v) is 10.1. The molecule has 2 rings (SSSR count). The first-order chi connectivity index (χ1) is 10.9. The molecule has 2 aromatic rings.